The molecule has 0 atom stereocenters. The van der Waals surface area contributed by atoms with Crippen LogP contribution in [-0.2, 0) is 6.42 Å². The Morgan fingerprint density at radius 3 is 2.68 bits per heavy atom. The third kappa shape index (κ3) is 5.33. The maximum atomic E-state index is 7.50. The predicted octanol–water partition coefficient (Wildman–Crippen LogP) is 3.76. The van der Waals surface area contributed by atoms with Gasteiger partial charge in [0.1, 0.15) is 5.75 Å². The number of ether oxygens (including phenoxy) is 1. The van der Waals surface area contributed by atoms with Crippen LogP contribution in [0.2, 0.25) is 0 Å². The van der Waals surface area contributed by atoms with Crippen molar-refractivity contribution >= 4 is 5.84 Å². The summed E-state index contributed by atoms with van der Waals surface area (Å²) < 4.78 is 5.74. The SMILES string of the molecule is CCc1cccc(OCCCCC(C)(C)C(=N)N)c1. The Hall–Kier alpha value is -1.51. The molecule has 1 aromatic carbocycles. The molecule has 0 heterocycles. The Balaban J connectivity index is 2.26. The molecule has 0 aliphatic heterocycles. The second-order valence-electron chi connectivity index (χ2n) is 5.60. The van der Waals surface area contributed by atoms with Crippen molar-refractivity contribution in [3.8, 4) is 5.75 Å². The molecule has 0 aliphatic carbocycles. The molecule has 19 heavy (non-hydrogen) atoms. The summed E-state index contributed by atoms with van der Waals surface area (Å²) >= 11 is 0. The summed E-state index contributed by atoms with van der Waals surface area (Å²) in [6, 6.07) is 8.24. The Kier molecular flexibility index (Phi) is 5.87. The van der Waals surface area contributed by atoms with Crippen molar-refractivity contribution in [3.63, 3.8) is 0 Å². The van der Waals surface area contributed by atoms with Crippen LogP contribution in [0.3, 0.4) is 0 Å². The molecule has 0 saturated heterocycles. The zero-order valence-electron chi connectivity index (χ0n) is 12.3. The van der Waals surface area contributed by atoms with Crippen LogP contribution >= 0.6 is 0 Å². The molecule has 0 spiro atoms. The first-order valence-electron chi connectivity index (χ1n) is 7.02. The van der Waals surface area contributed by atoms with E-state index in [9.17, 15) is 0 Å². The van der Waals surface area contributed by atoms with E-state index in [4.69, 9.17) is 15.9 Å². The van der Waals surface area contributed by atoms with Gasteiger partial charge >= 0.3 is 0 Å². The molecule has 3 N–H and O–H groups in total. The van der Waals surface area contributed by atoms with Gasteiger partial charge in [-0.1, -0.05) is 32.9 Å². The average Bonchev–Trinajstić information content (AvgIpc) is 2.38. The Morgan fingerprint density at radius 2 is 2.05 bits per heavy atom. The number of benzene rings is 1. The molecular formula is C16H26N2O. The number of unbranched alkanes of at least 4 members (excludes halogenated alkanes) is 1. The number of hydrogen-bond acceptors (Lipinski definition) is 2. The van der Waals surface area contributed by atoms with Gasteiger partial charge in [-0.05, 0) is 43.4 Å². The fourth-order valence-corrected chi connectivity index (χ4v) is 1.85. The van der Waals surface area contributed by atoms with Crippen LogP contribution in [0.5, 0.6) is 5.75 Å². The van der Waals surface area contributed by atoms with Crippen molar-refractivity contribution in [3.05, 3.63) is 29.8 Å². The van der Waals surface area contributed by atoms with Gasteiger partial charge in [-0.2, -0.15) is 0 Å². The van der Waals surface area contributed by atoms with Crippen molar-refractivity contribution in [1.82, 2.24) is 0 Å². The highest BCUT2D eigenvalue weighted by atomic mass is 16.5. The monoisotopic (exact) mass is 262 g/mol. The smallest absolute Gasteiger partial charge is 0.119 e. The molecule has 0 unspecified atom stereocenters. The summed E-state index contributed by atoms with van der Waals surface area (Å²) in [7, 11) is 0. The largest absolute Gasteiger partial charge is 0.494 e. The van der Waals surface area contributed by atoms with Crippen molar-refractivity contribution in [2.75, 3.05) is 6.61 Å². The van der Waals surface area contributed by atoms with Crippen LogP contribution in [0.1, 0.15) is 45.6 Å². The van der Waals surface area contributed by atoms with E-state index in [-0.39, 0.29) is 11.3 Å². The van der Waals surface area contributed by atoms with Crippen molar-refractivity contribution in [2.24, 2.45) is 11.1 Å². The van der Waals surface area contributed by atoms with E-state index >= 15 is 0 Å². The minimum absolute atomic E-state index is 0.192. The van der Waals surface area contributed by atoms with Gasteiger partial charge in [0.05, 0.1) is 12.4 Å². The van der Waals surface area contributed by atoms with E-state index in [1.165, 1.54) is 5.56 Å². The molecule has 0 saturated carbocycles. The molecule has 3 heteroatoms. The maximum absolute atomic E-state index is 7.50. The van der Waals surface area contributed by atoms with Crippen LogP contribution < -0.4 is 10.5 Å². The molecule has 0 aliphatic rings. The van der Waals surface area contributed by atoms with Crippen LogP contribution in [0, 0.1) is 10.8 Å². The summed E-state index contributed by atoms with van der Waals surface area (Å²) in [5.41, 5.74) is 6.67. The van der Waals surface area contributed by atoms with Crippen molar-refractivity contribution < 1.29 is 4.74 Å². The second kappa shape index (κ2) is 7.17. The van der Waals surface area contributed by atoms with Gasteiger partial charge in [-0.15, -0.1) is 0 Å². The van der Waals surface area contributed by atoms with Crippen LogP contribution in [0.15, 0.2) is 24.3 Å². The number of rotatable bonds is 8. The van der Waals surface area contributed by atoms with Gasteiger partial charge in [0.2, 0.25) is 0 Å². The Morgan fingerprint density at radius 1 is 1.32 bits per heavy atom. The predicted molar refractivity (Wildman–Crippen MR) is 80.9 cm³/mol. The Labute approximate surface area is 116 Å². The van der Waals surface area contributed by atoms with Gasteiger partial charge in [-0.25, -0.2) is 0 Å². The zero-order valence-corrected chi connectivity index (χ0v) is 12.3. The van der Waals surface area contributed by atoms with Crippen LogP contribution in [-0.4, -0.2) is 12.4 Å². The molecule has 0 fully saturated rings. The quantitative estimate of drug-likeness (QED) is 0.426. The minimum Gasteiger partial charge on any atom is -0.494 e. The van der Waals surface area contributed by atoms with Crippen LogP contribution in [0.4, 0.5) is 0 Å². The van der Waals surface area contributed by atoms with E-state index in [1.54, 1.807) is 0 Å². The molecule has 0 aromatic heterocycles. The van der Waals surface area contributed by atoms with E-state index < -0.39 is 0 Å². The minimum atomic E-state index is -0.192. The summed E-state index contributed by atoms with van der Waals surface area (Å²) in [5, 5.41) is 7.50. The molecule has 0 bridgehead atoms. The fraction of sp³-hybridized carbons (Fsp3) is 0.562. The van der Waals surface area contributed by atoms with Gasteiger partial charge < -0.3 is 10.5 Å². The lowest BCUT2D eigenvalue weighted by molar-refractivity contribution is 0.296. The average molecular weight is 262 g/mol. The summed E-state index contributed by atoms with van der Waals surface area (Å²) in [6.07, 6.45) is 3.98. The summed E-state index contributed by atoms with van der Waals surface area (Å²) in [5.74, 6) is 1.22. The fourth-order valence-electron chi connectivity index (χ4n) is 1.85. The normalized spacial score (nSPS) is 11.3. The second-order valence-corrected chi connectivity index (χ2v) is 5.60. The van der Waals surface area contributed by atoms with Crippen molar-refractivity contribution in [2.45, 2.75) is 46.5 Å². The zero-order chi connectivity index (χ0) is 14.3. The van der Waals surface area contributed by atoms with E-state index in [0.717, 1.165) is 38.0 Å². The van der Waals surface area contributed by atoms with Gasteiger partial charge in [0.15, 0.2) is 0 Å². The van der Waals surface area contributed by atoms with E-state index in [2.05, 4.69) is 19.1 Å². The topological polar surface area (TPSA) is 59.1 Å². The molecule has 3 nitrogen and oxygen atoms in total. The first-order chi connectivity index (χ1) is 8.95. The van der Waals surface area contributed by atoms with Gasteiger partial charge in [0.25, 0.3) is 0 Å². The molecule has 106 valence electrons. The van der Waals surface area contributed by atoms with Gasteiger partial charge in [-0.3, -0.25) is 5.41 Å². The van der Waals surface area contributed by atoms with Crippen LogP contribution in [0.25, 0.3) is 0 Å². The number of amidine groups is 1. The molecule has 0 radical (unpaired) electrons. The molecule has 1 rings (SSSR count). The number of nitrogens with one attached hydrogen (secondary N) is 1. The lowest BCUT2D eigenvalue weighted by Crippen LogP contribution is -2.30. The highest BCUT2D eigenvalue weighted by molar-refractivity contribution is 5.82. The third-order valence-electron chi connectivity index (χ3n) is 3.50. The molecule has 1 aromatic rings. The van der Waals surface area contributed by atoms with E-state index in [1.807, 2.05) is 26.0 Å². The highest BCUT2D eigenvalue weighted by Gasteiger charge is 2.20. The number of aryl methyl sites for hydroxylation is 1. The third-order valence-corrected chi connectivity index (χ3v) is 3.50. The van der Waals surface area contributed by atoms with E-state index in [0.29, 0.717) is 0 Å². The number of nitrogens with two attached hydrogens (primary N) is 1. The first-order valence-corrected chi connectivity index (χ1v) is 7.02. The maximum Gasteiger partial charge on any atom is 0.119 e. The number of hydrogen-bond donors (Lipinski definition) is 2. The Bertz CT molecular complexity index is 413. The lowest BCUT2D eigenvalue weighted by atomic mass is 9.86. The standard InChI is InChI=1S/C16H26N2O/c1-4-13-8-7-9-14(12-13)19-11-6-5-10-16(2,3)15(17)18/h7-9,12H,4-6,10-11H2,1-3H3,(H3,17,18). The highest BCUT2D eigenvalue weighted by Crippen LogP contribution is 2.22. The first kappa shape index (κ1) is 15.5. The van der Waals surface area contributed by atoms with Crippen molar-refractivity contribution in [1.29, 1.82) is 5.41 Å². The summed E-state index contributed by atoms with van der Waals surface area (Å²) in [6.45, 7) is 6.89. The lowest BCUT2D eigenvalue weighted by Gasteiger charge is -2.22. The van der Waals surface area contributed by atoms with Gasteiger partial charge in [0, 0.05) is 5.41 Å². The molecule has 0 amide bonds. The molecular weight excluding hydrogens is 236 g/mol. The summed E-state index contributed by atoms with van der Waals surface area (Å²) in [4.78, 5) is 0.